The minimum atomic E-state index is -0.496. The quantitative estimate of drug-likeness (QED) is 0.616. The second-order valence-electron chi connectivity index (χ2n) is 7.73. The van der Waals surface area contributed by atoms with Gasteiger partial charge in [-0.25, -0.2) is 0 Å². The first-order chi connectivity index (χ1) is 14.9. The number of aliphatic hydroxyl groups excluding tert-OH is 1. The molecular formula is C24H26N2O4S. The fourth-order valence-corrected chi connectivity index (χ4v) is 4.08. The average Bonchev–Trinajstić information content (AvgIpc) is 3.01. The number of benzene rings is 2. The number of carbonyl (C=O) groups excluding carboxylic acids is 3. The second-order valence-corrected chi connectivity index (χ2v) is 8.72. The molecule has 1 aliphatic rings. The van der Waals surface area contributed by atoms with Crippen LogP contribution in [0.2, 0.25) is 0 Å². The van der Waals surface area contributed by atoms with Crippen molar-refractivity contribution in [1.82, 2.24) is 10.2 Å². The predicted molar refractivity (Wildman–Crippen MR) is 122 cm³/mol. The molecule has 7 heteroatoms. The Hall–Kier alpha value is -2.90. The lowest BCUT2D eigenvalue weighted by atomic mass is 10.0. The number of carbonyl (C=O) groups is 3. The summed E-state index contributed by atoms with van der Waals surface area (Å²) >= 11 is 0.826. The number of aliphatic hydroxyl groups is 1. The van der Waals surface area contributed by atoms with Gasteiger partial charge in [0.05, 0.1) is 17.6 Å². The molecule has 0 radical (unpaired) electrons. The van der Waals surface area contributed by atoms with Crippen LogP contribution in [0.4, 0.5) is 4.79 Å². The van der Waals surface area contributed by atoms with Crippen LogP contribution in [-0.2, 0) is 16.0 Å². The summed E-state index contributed by atoms with van der Waals surface area (Å²) in [6, 6.07) is 16.8. The molecule has 0 saturated carbocycles. The Morgan fingerprint density at radius 2 is 1.77 bits per heavy atom. The molecule has 3 amide bonds. The van der Waals surface area contributed by atoms with Crippen LogP contribution in [0, 0.1) is 0 Å². The Morgan fingerprint density at radius 1 is 1.10 bits per heavy atom. The molecule has 3 rings (SSSR count). The number of amides is 3. The highest BCUT2D eigenvalue weighted by Gasteiger charge is 2.36. The highest BCUT2D eigenvalue weighted by molar-refractivity contribution is 8.18. The minimum absolute atomic E-state index is 0.241. The van der Waals surface area contributed by atoms with Crippen molar-refractivity contribution in [2.75, 3.05) is 13.2 Å². The van der Waals surface area contributed by atoms with Crippen LogP contribution >= 0.6 is 11.8 Å². The largest absolute Gasteiger partial charge is 0.394 e. The van der Waals surface area contributed by atoms with Crippen molar-refractivity contribution in [2.45, 2.75) is 32.2 Å². The van der Waals surface area contributed by atoms with Gasteiger partial charge in [-0.15, -0.1) is 0 Å². The van der Waals surface area contributed by atoms with Gasteiger partial charge in [0.15, 0.2) is 0 Å². The number of rotatable bonds is 8. The van der Waals surface area contributed by atoms with Crippen LogP contribution in [0.25, 0.3) is 6.08 Å². The Morgan fingerprint density at radius 3 is 2.39 bits per heavy atom. The zero-order valence-corrected chi connectivity index (χ0v) is 18.4. The van der Waals surface area contributed by atoms with E-state index in [2.05, 4.69) is 19.2 Å². The number of hydrogen-bond acceptors (Lipinski definition) is 5. The lowest BCUT2D eigenvalue weighted by molar-refractivity contribution is -0.129. The molecule has 2 aromatic rings. The number of nitrogens with zero attached hydrogens (tertiary/aromatic N) is 1. The van der Waals surface area contributed by atoms with E-state index in [1.807, 2.05) is 54.6 Å². The summed E-state index contributed by atoms with van der Waals surface area (Å²) in [5.41, 5.74) is 2.98. The van der Waals surface area contributed by atoms with Gasteiger partial charge in [0.2, 0.25) is 5.91 Å². The minimum Gasteiger partial charge on any atom is -0.394 e. The van der Waals surface area contributed by atoms with Crippen molar-refractivity contribution in [2.24, 2.45) is 0 Å². The number of imide groups is 1. The molecule has 6 nitrogen and oxygen atoms in total. The summed E-state index contributed by atoms with van der Waals surface area (Å²) in [7, 11) is 0. The van der Waals surface area contributed by atoms with Gasteiger partial charge >= 0.3 is 0 Å². The van der Waals surface area contributed by atoms with E-state index in [0.29, 0.717) is 12.3 Å². The zero-order chi connectivity index (χ0) is 22.4. The smallest absolute Gasteiger partial charge is 0.294 e. The van der Waals surface area contributed by atoms with Crippen molar-refractivity contribution < 1.29 is 19.5 Å². The van der Waals surface area contributed by atoms with Crippen LogP contribution < -0.4 is 5.32 Å². The highest BCUT2D eigenvalue weighted by Crippen LogP contribution is 2.32. The standard InChI is InChI=1S/C24H26N2O4S/c1-16(2)19-10-8-18(9-11-19)13-21-23(29)26(24(30)31-21)14-22(28)25-20(15-27)12-17-6-4-3-5-7-17/h3-11,13,16,20,27H,12,14-15H2,1-2H3,(H,25,28)/b21-13-/t20-/m0/s1. The lowest BCUT2D eigenvalue weighted by Crippen LogP contribution is -2.45. The SMILES string of the molecule is CC(C)c1ccc(/C=C2\SC(=O)N(CC(=O)N[C@H](CO)Cc3ccccc3)C2=O)cc1. The number of hydrogen-bond donors (Lipinski definition) is 2. The first-order valence-electron chi connectivity index (χ1n) is 10.2. The van der Waals surface area contributed by atoms with Gasteiger partial charge in [-0.05, 0) is 46.9 Å². The molecule has 31 heavy (non-hydrogen) atoms. The summed E-state index contributed by atoms with van der Waals surface area (Å²) < 4.78 is 0. The van der Waals surface area contributed by atoms with E-state index in [0.717, 1.165) is 27.8 Å². The summed E-state index contributed by atoms with van der Waals surface area (Å²) in [5.74, 6) is -0.564. The van der Waals surface area contributed by atoms with Gasteiger partial charge in [-0.1, -0.05) is 68.4 Å². The van der Waals surface area contributed by atoms with Gasteiger partial charge in [-0.2, -0.15) is 0 Å². The maximum absolute atomic E-state index is 12.7. The molecule has 0 unspecified atom stereocenters. The topological polar surface area (TPSA) is 86.7 Å². The van der Waals surface area contributed by atoms with Crippen molar-refractivity contribution in [3.05, 3.63) is 76.2 Å². The van der Waals surface area contributed by atoms with Crippen LogP contribution in [0.5, 0.6) is 0 Å². The molecule has 1 heterocycles. The number of thioether (sulfide) groups is 1. The molecule has 1 atom stereocenters. The molecule has 0 bridgehead atoms. The van der Waals surface area contributed by atoms with Crippen molar-refractivity contribution >= 4 is 34.9 Å². The normalized spacial score (nSPS) is 16.3. The first-order valence-corrected chi connectivity index (χ1v) is 11.0. The van der Waals surface area contributed by atoms with Gasteiger partial charge in [0.25, 0.3) is 11.1 Å². The molecule has 1 fully saturated rings. The maximum atomic E-state index is 12.7. The Kier molecular flexibility index (Phi) is 7.65. The molecule has 1 saturated heterocycles. The van der Waals surface area contributed by atoms with Crippen molar-refractivity contribution in [3.8, 4) is 0 Å². The fraction of sp³-hybridized carbons (Fsp3) is 0.292. The maximum Gasteiger partial charge on any atom is 0.294 e. The van der Waals surface area contributed by atoms with E-state index in [9.17, 15) is 19.5 Å². The second kappa shape index (κ2) is 10.4. The van der Waals surface area contributed by atoms with E-state index in [-0.39, 0.29) is 18.1 Å². The highest BCUT2D eigenvalue weighted by atomic mass is 32.2. The average molecular weight is 439 g/mol. The van der Waals surface area contributed by atoms with Crippen LogP contribution in [-0.4, -0.2) is 46.3 Å². The van der Waals surface area contributed by atoms with Crippen molar-refractivity contribution in [3.63, 3.8) is 0 Å². The Balaban J connectivity index is 1.61. The van der Waals surface area contributed by atoms with Crippen molar-refractivity contribution in [1.29, 1.82) is 0 Å². The third-order valence-electron chi connectivity index (χ3n) is 4.99. The molecule has 2 N–H and O–H groups in total. The van der Waals surface area contributed by atoms with E-state index in [1.54, 1.807) is 6.08 Å². The lowest BCUT2D eigenvalue weighted by Gasteiger charge is -2.18. The van der Waals surface area contributed by atoms with Gasteiger partial charge in [-0.3, -0.25) is 19.3 Å². The molecule has 0 aliphatic carbocycles. The van der Waals surface area contributed by atoms with E-state index >= 15 is 0 Å². The molecule has 162 valence electrons. The van der Waals surface area contributed by atoms with Gasteiger partial charge < -0.3 is 10.4 Å². The first kappa shape index (κ1) is 22.8. The Bertz CT molecular complexity index is 971. The van der Waals surface area contributed by atoms with E-state index in [4.69, 9.17) is 0 Å². The molecular weight excluding hydrogens is 412 g/mol. The summed E-state index contributed by atoms with van der Waals surface area (Å²) in [6.07, 6.45) is 2.12. The number of nitrogens with one attached hydrogen (secondary N) is 1. The third-order valence-corrected chi connectivity index (χ3v) is 5.89. The van der Waals surface area contributed by atoms with E-state index in [1.165, 1.54) is 5.56 Å². The van der Waals surface area contributed by atoms with Crippen LogP contribution in [0.15, 0.2) is 59.5 Å². The summed E-state index contributed by atoms with van der Waals surface area (Å²) in [4.78, 5) is 38.6. The van der Waals surface area contributed by atoms with Crippen LogP contribution in [0.3, 0.4) is 0 Å². The molecule has 2 aromatic carbocycles. The van der Waals surface area contributed by atoms with Gasteiger partial charge in [0.1, 0.15) is 6.54 Å². The predicted octanol–water partition coefficient (Wildman–Crippen LogP) is 3.57. The summed E-state index contributed by atoms with van der Waals surface area (Å²) in [6.45, 7) is 3.59. The summed E-state index contributed by atoms with van der Waals surface area (Å²) in [5, 5.41) is 11.8. The van der Waals surface area contributed by atoms with E-state index < -0.39 is 23.1 Å². The van der Waals surface area contributed by atoms with Gasteiger partial charge in [0, 0.05) is 0 Å². The fourth-order valence-electron chi connectivity index (χ4n) is 3.24. The molecule has 0 aromatic heterocycles. The van der Waals surface area contributed by atoms with Crippen LogP contribution in [0.1, 0.15) is 36.5 Å². The Labute approximate surface area is 186 Å². The monoisotopic (exact) mass is 438 g/mol. The molecule has 0 spiro atoms. The third kappa shape index (κ3) is 6.06. The molecule has 1 aliphatic heterocycles. The zero-order valence-electron chi connectivity index (χ0n) is 17.6.